The van der Waals surface area contributed by atoms with Crippen molar-refractivity contribution in [2.45, 2.75) is 32.1 Å². The lowest BCUT2D eigenvalue weighted by Gasteiger charge is -2.08. The van der Waals surface area contributed by atoms with Crippen molar-refractivity contribution in [1.29, 1.82) is 0 Å². The van der Waals surface area contributed by atoms with Crippen LogP contribution in [0.2, 0.25) is 0 Å². The van der Waals surface area contributed by atoms with Crippen LogP contribution < -0.4 is 10.1 Å². The molecule has 22 heavy (non-hydrogen) atoms. The van der Waals surface area contributed by atoms with Crippen LogP contribution in [0.25, 0.3) is 0 Å². The molecular weight excluding hydrogens is 289 g/mol. The molecule has 2 aromatic rings. The highest BCUT2D eigenvalue weighted by Crippen LogP contribution is 2.16. The Balaban J connectivity index is 1.43. The molecule has 0 spiro atoms. The predicted octanol–water partition coefficient (Wildman–Crippen LogP) is 2.06. The number of hydrogen-bond acceptors (Lipinski definition) is 6. The summed E-state index contributed by atoms with van der Waals surface area (Å²) in [5.74, 6) is 0.622. The lowest BCUT2D eigenvalue weighted by Crippen LogP contribution is -2.25. The quantitative estimate of drug-likeness (QED) is 0.844. The summed E-state index contributed by atoms with van der Waals surface area (Å²) in [6.07, 6.45) is 2.47. The second kappa shape index (κ2) is 7.33. The Kier molecular flexibility index (Phi) is 4.97. The monoisotopic (exact) mass is 307 g/mol. The van der Waals surface area contributed by atoms with Gasteiger partial charge in [-0.25, -0.2) is 4.39 Å². The van der Waals surface area contributed by atoms with Crippen LogP contribution in [0.15, 0.2) is 28.8 Å². The van der Waals surface area contributed by atoms with E-state index in [9.17, 15) is 4.39 Å². The number of ether oxygens (including phenoxy) is 2. The van der Waals surface area contributed by atoms with Crippen molar-refractivity contribution in [3.63, 3.8) is 0 Å². The minimum Gasteiger partial charge on any atom is -0.482 e. The molecule has 6 nitrogen and oxygen atoms in total. The van der Waals surface area contributed by atoms with E-state index >= 15 is 0 Å². The van der Waals surface area contributed by atoms with Crippen LogP contribution in [0.5, 0.6) is 5.75 Å². The van der Waals surface area contributed by atoms with Crippen LogP contribution in [-0.2, 0) is 17.9 Å². The van der Waals surface area contributed by atoms with Gasteiger partial charge in [0.25, 0.3) is 0 Å². The zero-order chi connectivity index (χ0) is 15.2. The van der Waals surface area contributed by atoms with Crippen LogP contribution >= 0.6 is 0 Å². The van der Waals surface area contributed by atoms with Crippen molar-refractivity contribution in [2.24, 2.45) is 0 Å². The van der Waals surface area contributed by atoms with Crippen molar-refractivity contribution in [3.8, 4) is 5.75 Å². The summed E-state index contributed by atoms with van der Waals surface area (Å²) in [4.78, 5) is 4.19. The van der Waals surface area contributed by atoms with Gasteiger partial charge in [-0.3, -0.25) is 0 Å². The van der Waals surface area contributed by atoms with Gasteiger partial charge in [-0.2, -0.15) is 4.98 Å². The highest BCUT2D eigenvalue weighted by Gasteiger charge is 2.15. The molecule has 1 aliphatic heterocycles. The molecule has 1 saturated heterocycles. The zero-order valence-electron chi connectivity index (χ0n) is 12.1. The number of aromatic nitrogens is 2. The first-order valence-electron chi connectivity index (χ1n) is 7.32. The third-order valence-electron chi connectivity index (χ3n) is 3.38. The van der Waals surface area contributed by atoms with Crippen molar-refractivity contribution < 1.29 is 18.4 Å². The summed E-state index contributed by atoms with van der Waals surface area (Å²) >= 11 is 0. The first-order chi connectivity index (χ1) is 10.8. The Morgan fingerprint density at radius 3 is 3.09 bits per heavy atom. The van der Waals surface area contributed by atoms with E-state index in [1.54, 1.807) is 18.2 Å². The minimum atomic E-state index is -0.413. The molecule has 1 unspecified atom stereocenters. The van der Waals surface area contributed by atoms with Crippen LogP contribution in [-0.4, -0.2) is 29.4 Å². The number of para-hydroxylation sites is 1. The van der Waals surface area contributed by atoms with Crippen molar-refractivity contribution in [3.05, 3.63) is 41.8 Å². The summed E-state index contributed by atoms with van der Waals surface area (Å²) < 4.78 is 29.3. The molecule has 1 aromatic carbocycles. The van der Waals surface area contributed by atoms with Crippen LogP contribution in [0.1, 0.15) is 24.6 Å². The van der Waals surface area contributed by atoms with Gasteiger partial charge in [0.2, 0.25) is 11.7 Å². The molecule has 1 N–H and O–H groups in total. The molecule has 1 fully saturated rings. The molecule has 1 atom stereocenters. The van der Waals surface area contributed by atoms with Gasteiger partial charge >= 0.3 is 0 Å². The standard InChI is InChI=1S/C15H18FN3O3/c16-12-5-1-2-6-13(12)21-10-14-18-15(22-19-14)9-17-8-11-4-3-7-20-11/h1-2,5-6,11,17H,3-4,7-10H2. The maximum Gasteiger partial charge on any atom is 0.240 e. The van der Waals surface area contributed by atoms with Crippen molar-refractivity contribution in [1.82, 2.24) is 15.5 Å². The molecule has 0 saturated carbocycles. The second-order valence-corrected chi connectivity index (χ2v) is 5.09. The zero-order valence-corrected chi connectivity index (χ0v) is 12.1. The molecule has 1 aliphatic rings. The predicted molar refractivity (Wildman–Crippen MR) is 75.7 cm³/mol. The first kappa shape index (κ1) is 14.9. The third kappa shape index (κ3) is 4.02. The third-order valence-corrected chi connectivity index (χ3v) is 3.38. The van der Waals surface area contributed by atoms with E-state index in [1.807, 2.05) is 0 Å². The molecule has 7 heteroatoms. The fourth-order valence-electron chi connectivity index (χ4n) is 2.27. The summed E-state index contributed by atoms with van der Waals surface area (Å²) in [5.41, 5.74) is 0. The average molecular weight is 307 g/mol. The van der Waals surface area contributed by atoms with E-state index in [0.717, 1.165) is 26.0 Å². The van der Waals surface area contributed by atoms with Gasteiger partial charge in [0.15, 0.2) is 18.2 Å². The maximum absolute atomic E-state index is 13.4. The Bertz CT molecular complexity index is 599. The van der Waals surface area contributed by atoms with Gasteiger partial charge < -0.3 is 19.3 Å². The van der Waals surface area contributed by atoms with E-state index in [-0.39, 0.29) is 18.5 Å². The summed E-state index contributed by atoms with van der Waals surface area (Å²) in [7, 11) is 0. The fraction of sp³-hybridized carbons (Fsp3) is 0.467. The number of halogens is 1. The van der Waals surface area contributed by atoms with Crippen molar-refractivity contribution in [2.75, 3.05) is 13.2 Å². The van der Waals surface area contributed by atoms with E-state index in [1.165, 1.54) is 6.07 Å². The molecule has 0 aliphatic carbocycles. The van der Waals surface area contributed by atoms with Crippen LogP contribution in [0.3, 0.4) is 0 Å². The van der Waals surface area contributed by atoms with E-state index in [4.69, 9.17) is 14.0 Å². The first-order valence-corrected chi connectivity index (χ1v) is 7.32. The minimum absolute atomic E-state index is 0.0656. The lowest BCUT2D eigenvalue weighted by molar-refractivity contribution is 0.109. The highest BCUT2D eigenvalue weighted by atomic mass is 19.1. The van der Waals surface area contributed by atoms with Gasteiger partial charge in [-0.1, -0.05) is 17.3 Å². The number of nitrogens with zero attached hydrogens (tertiary/aromatic N) is 2. The van der Waals surface area contributed by atoms with E-state index in [2.05, 4.69) is 15.5 Å². The number of rotatable bonds is 7. The maximum atomic E-state index is 13.4. The van der Waals surface area contributed by atoms with Gasteiger partial charge in [0, 0.05) is 13.2 Å². The Hall–Kier alpha value is -1.99. The number of hydrogen-bond donors (Lipinski definition) is 1. The lowest BCUT2D eigenvalue weighted by atomic mass is 10.2. The molecule has 3 rings (SSSR count). The van der Waals surface area contributed by atoms with Gasteiger partial charge in [-0.15, -0.1) is 0 Å². The van der Waals surface area contributed by atoms with Gasteiger partial charge in [0.1, 0.15) is 0 Å². The van der Waals surface area contributed by atoms with E-state index in [0.29, 0.717) is 18.3 Å². The summed E-state index contributed by atoms with van der Waals surface area (Å²) in [6, 6.07) is 6.20. The number of benzene rings is 1. The molecule has 2 heterocycles. The number of nitrogens with one attached hydrogen (secondary N) is 1. The molecule has 118 valence electrons. The Morgan fingerprint density at radius 1 is 1.36 bits per heavy atom. The van der Waals surface area contributed by atoms with Gasteiger partial charge in [0.05, 0.1) is 12.6 Å². The van der Waals surface area contributed by atoms with Gasteiger partial charge in [-0.05, 0) is 25.0 Å². The summed E-state index contributed by atoms with van der Waals surface area (Å²) in [6.45, 7) is 2.15. The van der Waals surface area contributed by atoms with Crippen molar-refractivity contribution >= 4 is 0 Å². The molecule has 1 aromatic heterocycles. The Labute approximate surface area is 127 Å². The molecule has 0 bridgehead atoms. The smallest absolute Gasteiger partial charge is 0.240 e. The molecule has 0 amide bonds. The molecular formula is C15H18FN3O3. The SMILES string of the molecule is Fc1ccccc1OCc1noc(CNCC2CCCO2)n1. The van der Waals surface area contributed by atoms with Crippen LogP contribution in [0, 0.1) is 5.82 Å². The van der Waals surface area contributed by atoms with E-state index < -0.39 is 5.82 Å². The molecule has 0 radical (unpaired) electrons. The topological polar surface area (TPSA) is 69.4 Å². The van der Waals surface area contributed by atoms with Crippen LogP contribution in [0.4, 0.5) is 4.39 Å². The summed E-state index contributed by atoms with van der Waals surface area (Å²) in [5, 5.41) is 7.02. The fourth-order valence-corrected chi connectivity index (χ4v) is 2.27. The normalized spacial score (nSPS) is 17.8. The Morgan fingerprint density at radius 2 is 2.27 bits per heavy atom. The second-order valence-electron chi connectivity index (χ2n) is 5.09. The largest absolute Gasteiger partial charge is 0.482 e. The average Bonchev–Trinajstić information content (AvgIpc) is 3.18. The highest BCUT2D eigenvalue weighted by molar-refractivity contribution is 5.23.